The molecular weight excluding hydrogens is 213 g/mol. The molecule has 0 aromatic heterocycles. The molecule has 2 aliphatic rings. The van der Waals surface area contributed by atoms with Gasteiger partial charge in [-0.1, -0.05) is 17.7 Å². The molecule has 1 aromatic carbocycles. The van der Waals surface area contributed by atoms with Gasteiger partial charge in [0.05, 0.1) is 5.02 Å². The van der Waals surface area contributed by atoms with Crippen LogP contribution in [0.15, 0.2) is 18.2 Å². The van der Waals surface area contributed by atoms with E-state index in [4.69, 9.17) is 11.6 Å². The van der Waals surface area contributed by atoms with Gasteiger partial charge in [0, 0.05) is 18.5 Å². The zero-order valence-corrected chi connectivity index (χ0v) is 9.39. The van der Waals surface area contributed by atoms with Crippen molar-refractivity contribution < 1.29 is 4.39 Å². The third kappa shape index (κ3) is 1.31. The van der Waals surface area contributed by atoms with E-state index < -0.39 is 0 Å². The Morgan fingerprint density at radius 2 is 2.33 bits per heavy atom. The zero-order valence-electron chi connectivity index (χ0n) is 8.63. The first-order chi connectivity index (χ1) is 7.12. The van der Waals surface area contributed by atoms with Gasteiger partial charge in [-0.25, -0.2) is 4.39 Å². The average Bonchev–Trinajstić information content (AvgIpc) is 2.75. The number of likely N-dealkylation sites (N-methyl/N-ethyl adjacent to an activating group) is 1. The molecule has 0 spiro atoms. The lowest BCUT2D eigenvalue weighted by Crippen LogP contribution is -2.22. The van der Waals surface area contributed by atoms with Crippen molar-refractivity contribution in [3.63, 3.8) is 0 Å². The maximum Gasteiger partial charge on any atom is 0.141 e. The molecular formula is C12H13ClFN. The highest BCUT2D eigenvalue weighted by atomic mass is 35.5. The van der Waals surface area contributed by atoms with Crippen LogP contribution >= 0.6 is 11.6 Å². The lowest BCUT2D eigenvalue weighted by molar-refractivity contribution is 0.363. The summed E-state index contributed by atoms with van der Waals surface area (Å²) in [5.74, 6) is 0.435. The summed E-state index contributed by atoms with van der Waals surface area (Å²) in [7, 11) is 2.14. The Morgan fingerprint density at radius 3 is 2.93 bits per heavy atom. The van der Waals surface area contributed by atoms with Crippen LogP contribution in [0.25, 0.3) is 0 Å². The van der Waals surface area contributed by atoms with E-state index >= 15 is 0 Å². The molecule has 1 saturated heterocycles. The molecule has 15 heavy (non-hydrogen) atoms. The first-order valence-corrected chi connectivity index (χ1v) is 5.64. The summed E-state index contributed by atoms with van der Waals surface area (Å²) in [5, 5.41) is 0.252. The molecule has 1 aliphatic heterocycles. The van der Waals surface area contributed by atoms with Gasteiger partial charge in [0.15, 0.2) is 0 Å². The number of benzene rings is 1. The molecule has 0 unspecified atom stereocenters. The highest BCUT2D eigenvalue weighted by Gasteiger charge is 2.59. The third-order valence-corrected chi connectivity index (χ3v) is 4.10. The van der Waals surface area contributed by atoms with Crippen LogP contribution in [0.2, 0.25) is 5.02 Å². The highest BCUT2D eigenvalue weighted by Crippen LogP contribution is 2.58. The normalized spacial score (nSPS) is 34.2. The Kier molecular flexibility index (Phi) is 1.89. The summed E-state index contributed by atoms with van der Waals surface area (Å²) in [5.41, 5.74) is 1.50. The third-order valence-electron chi connectivity index (χ3n) is 3.81. The first-order valence-electron chi connectivity index (χ1n) is 5.26. The van der Waals surface area contributed by atoms with Gasteiger partial charge in [0.2, 0.25) is 0 Å². The van der Waals surface area contributed by atoms with E-state index in [1.807, 2.05) is 6.07 Å². The van der Waals surface area contributed by atoms with Crippen LogP contribution in [0, 0.1) is 11.7 Å². The van der Waals surface area contributed by atoms with Crippen molar-refractivity contribution in [3.8, 4) is 0 Å². The molecule has 2 atom stereocenters. The number of hydrogen-bond acceptors (Lipinski definition) is 1. The molecule has 0 bridgehead atoms. The van der Waals surface area contributed by atoms with Gasteiger partial charge in [0.25, 0.3) is 0 Å². The molecule has 3 heteroatoms. The van der Waals surface area contributed by atoms with E-state index in [9.17, 15) is 4.39 Å². The van der Waals surface area contributed by atoms with Crippen molar-refractivity contribution in [1.29, 1.82) is 0 Å². The van der Waals surface area contributed by atoms with Crippen LogP contribution in [-0.4, -0.2) is 25.0 Å². The molecule has 0 N–H and O–H groups in total. The fourth-order valence-electron chi connectivity index (χ4n) is 2.99. The monoisotopic (exact) mass is 225 g/mol. The van der Waals surface area contributed by atoms with Crippen LogP contribution in [-0.2, 0) is 5.41 Å². The van der Waals surface area contributed by atoms with Gasteiger partial charge < -0.3 is 4.90 Å². The van der Waals surface area contributed by atoms with Gasteiger partial charge in [0.1, 0.15) is 5.82 Å². The Balaban J connectivity index is 1.97. The molecule has 1 saturated carbocycles. The fraction of sp³-hybridized carbons (Fsp3) is 0.500. The Morgan fingerprint density at radius 1 is 1.53 bits per heavy atom. The van der Waals surface area contributed by atoms with Crippen molar-refractivity contribution in [2.45, 2.75) is 11.8 Å². The van der Waals surface area contributed by atoms with Crippen molar-refractivity contribution in [1.82, 2.24) is 4.90 Å². The summed E-state index contributed by atoms with van der Waals surface area (Å²) < 4.78 is 13.1. The second-order valence-electron chi connectivity index (χ2n) is 4.88. The number of likely N-dealkylation sites (tertiary alicyclic amines) is 1. The summed E-state index contributed by atoms with van der Waals surface area (Å²) in [6.45, 7) is 2.24. The smallest absolute Gasteiger partial charge is 0.141 e. The van der Waals surface area contributed by atoms with Gasteiger partial charge >= 0.3 is 0 Å². The van der Waals surface area contributed by atoms with E-state index in [2.05, 4.69) is 11.9 Å². The predicted octanol–water partition coefficient (Wildman–Crippen LogP) is 2.68. The van der Waals surface area contributed by atoms with Crippen LogP contribution in [0.3, 0.4) is 0 Å². The number of fused-ring (bicyclic) bond motifs is 1. The van der Waals surface area contributed by atoms with Crippen LogP contribution in [0.4, 0.5) is 4.39 Å². The molecule has 1 aromatic rings. The van der Waals surface area contributed by atoms with Gasteiger partial charge in [-0.3, -0.25) is 0 Å². The largest absolute Gasteiger partial charge is 0.305 e. The Hall–Kier alpha value is -0.600. The number of halogens is 2. The minimum absolute atomic E-state index is 0.252. The summed E-state index contributed by atoms with van der Waals surface area (Å²) in [6, 6.07) is 5.18. The predicted molar refractivity (Wildman–Crippen MR) is 58.7 cm³/mol. The summed E-state index contributed by atoms with van der Waals surface area (Å²) >= 11 is 5.82. The average molecular weight is 226 g/mol. The Labute approximate surface area is 93.8 Å². The van der Waals surface area contributed by atoms with Crippen molar-refractivity contribution in [2.75, 3.05) is 20.1 Å². The molecule has 1 aliphatic carbocycles. The number of hydrogen-bond donors (Lipinski definition) is 0. The van der Waals surface area contributed by atoms with E-state index in [0.717, 1.165) is 19.0 Å². The minimum Gasteiger partial charge on any atom is -0.305 e. The van der Waals surface area contributed by atoms with E-state index in [0.29, 0.717) is 0 Å². The summed E-state index contributed by atoms with van der Waals surface area (Å²) in [6.07, 6.45) is 1.24. The Bertz CT molecular complexity index is 420. The zero-order chi connectivity index (χ0) is 10.6. The summed E-state index contributed by atoms with van der Waals surface area (Å²) in [4.78, 5) is 2.34. The second kappa shape index (κ2) is 2.96. The maximum absolute atomic E-state index is 13.1. The standard InChI is InChI=1S/C12H13ClFN/c1-15-6-9-5-12(9,7-15)8-2-3-11(14)10(13)4-8/h2-4,9H,5-7H2,1H3/t9-,12+/m0/s1. The van der Waals surface area contributed by atoms with Gasteiger partial charge in [-0.15, -0.1) is 0 Å². The lowest BCUT2D eigenvalue weighted by atomic mass is 9.95. The van der Waals surface area contributed by atoms with Crippen molar-refractivity contribution >= 4 is 11.6 Å². The van der Waals surface area contributed by atoms with Gasteiger partial charge in [-0.2, -0.15) is 0 Å². The van der Waals surface area contributed by atoms with Crippen molar-refractivity contribution in [2.24, 2.45) is 5.92 Å². The van der Waals surface area contributed by atoms with Crippen LogP contribution < -0.4 is 0 Å². The highest BCUT2D eigenvalue weighted by molar-refractivity contribution is 6.30. The lowest BCUT2D eigenvalue weighted by Gasteiger charge is -2.16. The van der Waals surface area contributed by atoms with Gasteiger partial charge in [-0.05, 0) is 37.1 Å². The molecule has 1 nitrogen and oxygen atoms in total. The minimum atomic E-state index is -0.319. The number of nitrogens with zero attached hydrogens (tertiary/aromatic N) is 1. The first kappa shape index (κ1) is 9.61. The molecule has 2 fully saturated rings. The molecule has 1 heterocycles. The second-order valence-corrected chi connectivity index (χ2v) is 5.29. The quantitative estimate of drug-likeness (QED) is 0.711. The van der Waals surface area contributed by atoms with Crippen LogP contribution in [0.1, 0.15) is 12.0 Å². The van der Waals surface area contributed by atoms with Crippen LogP contribution in [0.5, 0.6) is 0 Å². The molecule has 80 valence electrons. The molecule has 3 rings (SSSR count). The SMILES string of the molecule is CN1C[C@@H]2C[C@]2(c2ccc(F)c(Cl)c2)C1. The van der Waals surface area contributed by atoms with E-state index in [1.165, 1.54) is 18.1 Å². The fourth-order valence-corrected chi connectivity index (χ4v) is 3.17. The van der Waals surface area contributed by atoms with E-state index in [-0.39, 0.29) is 16.3 Å². The number of piperidine rings is 1. The number of rotatable bonds is 1. The maximum atomic E-state index is 13.1. The molecule has 0 radical (unpaired) electrons. The van der Waals surface area contributed by atoms with Crippen molar-refractivity contribution in [3.05, 3.63) is 34.6 Å². The van der Waals surface area contributed by atoms with E-state index in [1.54, 1.807) is 6.07 Å². The topological polar surface area (TPSA) is 3.24 Å². The molecule has 0 amide bonds.